The molecule has 0 aliphatic rings. The van der Waals surface area contributed by atoms with Crippen LogP contribution in [0.15, 0.2) is 0 Å². The molecule has 15 heavy (non-hydrogen) atoms. The van der Waals surface area contributed by atoms with Gasteiger partial charge in [-0.05, 0) is 46.2 Å². The molecule has 0 fully saturated rings. The van der Waals surface area contributed by atoms with Gasteiger partial charge in [0.05, 0.1) is 5.69 Å². The van der Waals surface area contributed by atoms with Gasteiger partial charge in [0.1, 0.15) is 0 Å². The Hall–Kier alpha value is -0.830. The lowest BCUT2D eigenvalue weighted by molar-refractivity contribution is 0.478. The van der Waals surface area contributed by atoms with Crippen LogP contribution in [0.25, 0.3) is 0 Å². The number of rotatable bonds is 5. The summed E-state index contributed by atoms with van der Waals surface area (Å²) in [5.41, 5.74) is 3.93. The van der Waals surface area contributed by atoms with Crippen LogP contribution in [-0.4, -0.2) is 22.9 Å². The maximum atomic E-state index is 4.58. The van der Waals surface area contributed by atoms with Crippen molar-refractivity contribution < 1.29 is 0 Å². The largest absolute Gasteiger partial charge is 0.317 e. The van der Waals surface area contributed by atoms with Crippen molar-refractivity contribution in [2.75, 3.05) is 7.05 Å². The molecule has 1 atom stereocenters. The lowest BCUT2D eigenvalue weighted by atomic mass is 10.1. The molecule has 1 unspecified atom stereocenters. The molecule has 0 aromatic carbocycles. The molecule has 3 nitrogen and oxygen atoms in total. The molecule has 0 radical (unpaired) electrons. The zero-order valence-electron chi connectivity index (χ0n) is 10.6. The molecule has 1 aromatic heterocycles. The monoisotopic (exact) mass is 209 g/mol. The minimum atomic E-state index is 0.555. The lowest BCUT2D eigenvalue weighted by Gasteiger charge is -2.10. The highest BCUT2D eigenvalue weighted by Crippen LogP contribution is 2.13. The maximum Gasteiger partial charge on any atom is 0.0628 e. The van der Waals surface area contributed by atoms with Crippen molar-refractivity contribution in [2.24, 2.45) is 0 Å². The first kappa shape index (κ1) is 12.2. The molecule has 0 spiro atoms. The second-order valence-electron chi connectivity index (χ2n) is 4.20. The summed E-state index contributed by atoms with van der Waals surface area (Å²) >= 11 is 0. The van der Waals surface area contributed by atoms with Crippen LogP contribution in [0.4, 0.5) is 0 Å². The first-order chi connectivity index (χ1) is 7.10. The Labute approximate surface area is 92.9 Å². The number of hydrogen-bond acceptors (Lipinski definition) is 2. The van der Waals surface area contributed by atoms with E-state index in [1.165, 1.54) is 17.0 Å². The molecule has 1 aromatic rings. The van der Waals surface area contributed by atoms with Crippen molar-refractivity contribution in [3.8, 4) is 0 Å². The van der Waals surface area contributed by atoms with Gasteiger partial charge in [-0.1, -0.05) is 6.92 Å². The molecule has 0 bridgehead atoms. The summed E-state index contributed by atoms with van der Waals surface area (Å²) in [6.07, 6.45) is 2.21. The van der Waals surface area contributed by atoms with Gasteiger partial charge in [0.2, 0.25) is 0 Å². The number of aromatic nitrogens is 2. The van der Waals surface area contributed by atoms with Crippen molar-refractivity contribution >= 4 is 0 Å². The van der Waals surface area contributed by atoms with Crippen LogP contribution < -0.4 is 5.32 Å². The molecular weight excluding hydrogens is 186 g/mol. The van der Waals surface area contributed by atoms with E-state index >= 15 is 0 Å². The highest BCUT2D eigenvalue weighted by atomic mass is 15.3. The lowest BCUT2D eigenvalue weighted by Crippen LogP contribution is -2.23. The summed E-state index contributed by atoms with van der Waals surface area (Å²) in [6.45, 7) is 9.67. The predicted octanol–water partition coefficient (Wildman–Crippen LogP) is 2.06. The first-order valence-electron chi connectivity index (χ1n) is 5.80. The van der Waals surface area contributed by atoms with E-state index in [0.29, 0.717) is 6.04 Å². The molecule has 0 amide bonds. The minimum Gasteiger partial charge on any atom is -0.317 e. The second kappa shape index (κ2) is 5.31. The minimum absolute atomic E-state index is 0.555. The fourth-order valence-electron chi connectivity index (χ4n) is 1.92. The van der Waals surface area contributed by atoms with E-state index in [1.807, 2.05) is 7.05 Å². The molecular formula is C12H23N3. The van der Waals surface area contributed by atoms with E-state index in [9.17, 15) is 0 Å². The van der Waals surface area contributed by atoms with Gasteiger partial charge in [-0.15, -0.1) is 0 Å². The van der Waals surface area contributed by atoms with Gasteiger partial charge in [-0.25, -0.2) is 0 Å². The van der Waals surface area contributed by atoms with Gasteiger partial charge in [0.15, 0.2) is 0 Å². The smallest absolute Gasteiger partial charge is 0.0628 e. The zero-order valence-corrected chi connectivity index (χ0v) is 10.6. The van der Waals surface area contributed by atoms with Crippen molar-refractivity contribution in [1.29, 1.82) is 0 Å². The van der Waals surface area contributed by atoms with Gasteiger partial charge < -0.3 is 5.32 Å². The summed E-state index contributed by atoms with van der Waals surface area (Å²) in [5, 5.41) is 7.83. The van der Waals surface area contributed by atoms with Crippen molar-refractivity contribution in [3.63, 3.8) is 0 Å². The molecule has 1 rings (SSSR count). The summed E-state index contributed by atoms with van der Waals surface area (Å²) in [5.74, 6) is 0. The van der Waals surface area contributed by atoms with E-state index in [1.54, 1.807) is 0 Å². The SMILES string of the molecule is CCc1c(C)nn(CCC(C)NC)c1C. The van der Waals surface area contributed by atoms with Gasteiger partial charge in [-0.2, -0.15) is 5.10 Å². The molecule has 1 N–H and O–H groups in total. The zero-order chi connectivity index (χ0) is 11.4. The molecule has 3 heteroatoms. The molecule has 1 heterocycles. The summed E-state index contributed by atoms with van der Waals surface area (Å²) in [6, 6.07) is 0.555. The molecule has 0 saturated carbocycles. The Balaban J connectivity index is 2.70. The van der Waals surface area contributed by atoms with E-state index in [0.717, 1.165) is 19.4 Å². The third kappa shape index (κ3) is 2.81. The van der Waals surface area contributed by atoms with E-state index in [4.69, 9.17) is 0 Å². The van der Waals surface area contributed by atoms with Crippen molar-refractivity contribution in [2.45, 2.75) is 53.1 Å². The third-order valence-corrected chi connectivity index (χ3v) is 3.15. The fourth-order valence-corrected chi connectivity index (χ4v) is 1.92. The Kier molecular flexibility index (Phi) is 4.33. The predicted molar refractivity (Wildman–Crippen MR) is 64.2 cm³/mol. The van der Waals surface area contributed by atoms with Gasteiger partial charge in [0, 0.05) is 18.3 Å². The number of nitrogens with zero attached hydrogens (tertiary/aromatic N) is 2. The van der Waals surface area contributed by atoms with Crippen LogP contribution in [0.3, 0.4) is 0 Å². The molecule has 0 aliphatic carbocycles. The fraction of sp³-hybridized carbons (Fsp3) is 0.750. The standard InChI is InChI=1S/C12H23N3/c1-6-12-10(3)14-15(11(12)4)8-7-9(2)13-5/h9,13H,6-8H2,1-5H3. The van der Waals surface area contributed by atoms with Crippen LogP contribution in [0.1, 0.15) is 37.2 Å². The van der Waals surface area contributed by atoms with Crippen LogP contribution >= 0.6 is 0 Å². The van der Waals surface area contributed by atoms with E-state index in [2.05, 4.69) is 42.8 Å². The van der Waals surface area contributed by atoms with Gasteiger partial charge in [-0.3, -0.25) is 4.68 Å². The third-order valence-electron chi connectivity index (χ3n) is 3.15. The van der Waals surface area contributed by atoms with Crippen LogP contribution in [0.5, 0.6) is 0 Å². The number of aryl methyl sites for hydroxylation is 2. The number of nitrogens with one attached hydrogen (secondary N) is 1. The van der Waals surface area contributed by atoms with Crippen LogP contribution in [-0.2, 0) is 13.0 Å². The summed E-state index contributed by atoms with van der Waals surface area (Å²) < 4.78 is 2.14. The summed E-state index contributed by atoms with van der Waals surface area (Å²) in [7, 11) is 2.00. The van der Waals surface area contributed by atoms with E-state index in [-0.39, 0.29) is 0 Å². The van der Waals surface area contributed by atoms with Crippen molar-refractivity contribution in [3.05, 3.63) is 17.0 Å². The first-order valence-corrected chi connectivity index (χ1v) is 5.80. The quantitative estimate of drug-likeness (QED) is 0.804. The highest BCUT2D eigenvalue weighted by Gasteiger charge is 2.09. The van der Waals surface area contributed by atoms with E-state index < -0.39 is 0 Å². The average molecular weight is 209 g/mol. The average Bonchev–Trinajstić information content (AvgIpc) is 2.50. The highest BCUT2D eigenvalue weighted by molar-refractivity contribution is 5.24. The Morgan fingerprint density at radius 2 is 2.07 bits per heavy atom. The molecule has 0 aliphatic heterocycles. The van der Waals surface area contributed by atoms with Gasteiger partial charge >= 0.3 is 0 Å². The Morgan fingerprint density at radius 3 is 2.53 bits per heavy atom. The Morgan fingerprint density at radius 1 is 1.40 bits per heavy atom. The maximum absolute atomic E-state index is 4.58. The topological polar surface area (TPSA) is 29.9 Å². The van der Waals surface area contributed by atoms with Crippen molar-refractivity contribution in [1.82, 2.24) is 15.1 Å². The summed E-state index contributed by atoms with van der Waals surface area (Å²) in [4.78, 5) is 0. The molecule has 86 valence electrons. The van der Waals surface area contributed by atoms with Gasteiger partial charge in [0.25, 0.3) is 0 Å². The normalized spacial score (nSPS) is 13.1. The van der Waals surface area contributed by atoms with Crippen LogP contribution in [0.2, 0.25) is 0 Å². The molecule has 0 saturated heterocycles. The number of hydrogen-bond donors (Lipinski definition) is 1. The Bertz CT molecular complexity index is 315. The second-order valence-corrected chi connectivity index (χ2v) is 4.20. The van der Waals surface area contributed by atoms with Crippen LogP contribution in [0, 0.1) is 13.8 Å².